The predicted molar refractivity (Wildman–Crippen MR) is 112 cm³/mol. The summed E-state index contributed by atoms with van der Waals surface area (Å²) in [6.45, 7) is 3.33. The smallest absolute Gasteiger partial charge is 0.258 e. The van der Waals surface area contributed by atoms with Gasteiger partial charge >= 0.3 is 0 Å². The Balaban J connectivity index is 1.42. The Bertz CT molecular complexity index is 1010. The number of hydrogen-bond acceptors (Lipinski definition) is 5. The third-order valence-corrected chi connectivity index (χ3v) is 4.60. The van der Waals surface area contributed by atoms with Crippen LogP contribution in [0.2, 0.25) is 0 Å². The lowest BCUT2D eigenvalue weighted by Gasteiger charge is -2.29. The van der Waals surface area contributed by atoms with Crippen molar-refractivity contribution in [3.05, 3.63) is 59.1 Å². The van der Waals surface area contributed by atoms with E-state index < -0.39 is 0 Å². The molecule has 0 aliphatic carbocycles. The van der Waals surface area contributed by atoms with Gasteiger partial charge in [0.15, 0.2) is 5.11 Å². The van der Waals surface area contributed by atoms with Gasteiger partial charge in [-0.2, -0.15) is 0 Å². The zero-order valence-electron chi connectivity index (χ0n) is 14.6. The molecule has 1 aliphatic rings. The van der Waals surface area contributed by atoms with Crippen LogP contribution in [0, 0.1) is 0 Å². The number of H-pyrrole nitrogens is 1. The summed E-state index contributed by atoms with van der Waals surface area (Å²) in [7, 11) is 0. The molecule has 0 spiro atoms. The van der Waals surface area contributed by atoms with Crippen molar-refractivity contribution in [2.24, 2.45) is 0 Å². The van der Waals surface area contributed by atoms with Crippen molar-refractivity contribution in [3.8, 4) is 0 Å². The van der Waals surface area contributed by atoms with E-state index in [0.29, 0.717) is 16.0 Å². The van der Waals surface area contributed by atoms with E-state index >= 15 is 0 Å². The molecule has 138 valence electrons. The van der Waals surface area contributed by atoms with Crippen LogP contribution in [0.15, 0.2) is 53.6 Å². The van der Waals surface area contributed by atoms with Gasteiger partial charge in [0.1, 0.15) is 0 Å². The second-order valence-corrected chi connectivity index (χ2v) is 6.60. The number of rotatable bonds is 3. The lowest BCUT2D eigenvalue weighted by Crippen LogP contribution is -2.36. The van der Waals surface area contributed by atoms with Gasteiger partial charge in [0.2, 0.25) is 0 Å². The van der Waals surface area contributed by atoms with Crippen molar-refractivity contribution in [2.45, 2.75) is 0 Å². The topological polar surface area (TPSA) is 82.3 Å². The number of nitrogens with one attached hydrogen (secondary N) is 3. The van der Waals surface area contributed by atoms with Gasteiger partial charge in [-0.25, -0.2) is 4.98 Å². The molecule has 0 bridgehead atoms. The summed E-state index contributed by atoms with van der Waals surface area (Å²) in [4.78, 5) is 20.9. The number of hydrogen-bond donors (Lipinski definition) is 3. The van der Waals surface area contributed by atoms with E-state index in [4.69, 9.17) is 17.0 Å². The zero-order chi connectivity index (χ0) is 18.6. The van der Waals surface area contributed by atoms with E-state index in [1.165, 1.54) is 12.0 Å². The number of morpholine rings is 1. The van der Waals surface area contributed by atoms with E-state index in [2.05, 4.69) is 37.6 Å². The first-order chi connectivity index (χ1) is 13.2. The van der Waals surface area contributed by atoms with E-state index in [0.717, 1.165) is 37.7 Å². The fraction of sp³-hybridized carbons (Fsp3) is 0.211. The minimum Gasteiger partial charge on any atom is -0.378 e. The number of thiocarbonyl (C=S) groups is 1. The average Bonchev–Trinajstić information content (AvgIpc) is 2.70. The van der Waals surface area contributed by atoms with Crippen LogP contribution in [0.4, 0.5) is 17.1 Å². The highest BCUT2D eigenvalue weighted by Gasteiger charge is 2.11. The van der Waals surface area contributed by atoms with E-state index in [-0.39, 0.29) is 5.56 Å². The Morgan fingerprint density at radius 3 is 2.56 bits per heavy atom. The fourth-order valence-electron chi connectivity index (χ4n) is 3.02. The minimum absolute atomic E-state index is 0.179. The number of anilines is 3. The fourth-order valence-corrected chi connectivity index (χ4v) is 3.25. The number of fused-ring (bicyclic) bond motifs is 1. The molecule has 2 heterocycles. The molecule has 0 atom stereocenters. The predicted octanol–water partition coefficient (Wildman–Crippen LogP) is 2.57. The van der Waals surface area contributed by atoms with Crippen LogP contribution < -0.4 is 21.1 Å². The molecule has 4 rings (SSSR count). The molecule has 7 nitrogen and oxygen atoms in total. The minimum atomic E-state index is -0.179. The molecule has 0 radical (unpaired) electrons. The van der Waals surface area contributed by atoms with Crippen molar-refractivity contribution in [3.63, 3.8) is 0 Å². The van der Waals surface area contributed by atoms with Crippen molar-refractivity contribution in [1.82, 2.24) is 9.97 Å². The lowest BCUT2D eigenvalue weighted by molar-refractivity contribution is 0.122. The Morgan fingerprint density at radius 1 is 1.07 bits per heavy atom. The largest absolute Gasteiger partial charge is 0.378 e. The molecular weight excluding hydrogens is 362 g/mol. The molecule has 2 aromatic carbocycles. The Labute approximate surface area is 161 Å². The van der Waals surface area contributed by atoms with Crippen molar-refractivity contribution < 1.29 is 4.74 Å². The van der Waals surface area contributed by atoms with Crippen LogP contribution in [0.1, 0.15) is 0 Å². The first-order valence-corrected chi connectivity index (χ1v) is 9.08. The van der Waals surface area contributed by atoms with Crippen LogP contribution >= 0.6 is 12.2 Å². The Morgan fingerprint density at radius 2 is 1.78 bits per heavy atom. The quantitative estimate of drug-likeness (QED) is 0.602. The highest BCUT2D eigenvalue weighted by Crippen LogP contribution is 2.20. The SMILES string of the molecule is O=c1[nH]cnc2ccc(NC(=S)Nc3ccc(N4CCOCC4)cc3)cc12. The normalized spacial score (nSPS) is 14.1. The van der Waals surface area contributed by atoms with Crippen molar-refractivity contribution in [1.29, 1.82) is 0 Å². The summed E-state index contributed by atoms with van der Waals surface area (Å²) in [6.07, 6.45) is 1.39. The molecule has 27 heavy (non-hydrogen) atoms. The van der Waals surface area contributed by atoms with Crippen molar-refractivity contribution >= 4 is 45.3 Å². The maximum absolute atomic E-state index is 11.9. The summed E-state index contributed by atoms with van der Waals surface area (Å²) in [5.74, 6) is 0. The maximum atomic E-state index is 11.9. The average molecular weight is 381 g/mol. The van der Waals surface area contributed by atoms with Crippen LogP contribution in [-0.4, -0.2) is 41.4 Å². The van der Waals surface area contributed by atoms with Gasteiger partial charge in [-0.05, 0) is 54.7 Å². The molecular formula is C19H19N5O2S. The Hall–Kier alpha value is -2.97. The molecule has 1 saturated heterocycles. The van der Waals surface area contributed by atoms with E-state index in [9.17, 15) is 4.79 Å². The molecule has 3 aromatic rings. The third-order valence-electron chi connectivity index (χ3n) is 4.40. The summed E-state index contributed by atoms with van der Waals surface area (Å²) < 4.78 is 5.38. The molecule has 0 unspecified atom stereocenters. The number of nitrogens with zero attached hydrogens (tertiary/aromatic N) is 2. The molecule has 1 aliphatic heterocycles. The maximum Gasteiger partial charge on any atom is 0.258 e. The molecule has 1 fully saturated rings. The Kier molecular flexibility index (Phi) is 4.99. The van der Waals surface area contributed by atoms with E-state index in [1.54, 1.807) is 12.1 Å². The molecule has 1 aromatic heterocycles. The molecule has 0 saturated carbocycles. The summed E-state index contributed by atoms with van der Waals surface area (Å²) >= 11 is 5.38. The highest BCUT2D eigenvalue weighted by molar-refractivity contribution is 7.80. The lowest BCUT2D eigenvalue weighted by atomic mass is 10.2. The molecule has 3 N–H and O–H groups in total. The first-order valence-electron chi connectivity index (χ1n) is 8.67. The van der Waals surface area contributed by atoms with Gasteiger partial charge < -0.3 is 25.3 Å². The molecule has 8 heteroatoms. The first kappa shape index (κ1) is 17.4. The van der Waals surface area contributed by atoms with Gasteiger partial charge in [-0.1, -0.05) is 0 Å². The standard InChI is InChI=1S/C19H19N5O2S/c25-18-16-11-14(3-6-17(16)20-12-21-18)23-19(27)22-13-1-4-15(5-2-13)24-7-9-26-10-8-24/h1-6,11-12H,7-10H2,(H,20,21,25)(H2,22,23,27). The van der Waals surface area contributed by atoms with Gasteiger partial charge in [-0.15, -0.1) is 0 Å². The third kappa shape index (κ3) is 4.07. The number of aromatic amines is 1. The number of aromatic nitrogens is 2. The second-order valence-electron chi connectivity index (χ2n) is 6.19. The zero-order valence-corrected chi connectivity index (χ0v) is 15.4. The monoisotopic (exact) mass is 381 g/mol. The summed E-state index contributed by atoms with van der Waals surface area (Å²) in [6, 6.07) is 13.5. The van der Waals surface area contributed by atoms with Gasteiger partial charge in [-0.3, -0.25) is 4.79 Å². The molecule has 0 amide bonds. The number of benzene rings is 2. The van der Waals surface area contributed by atoms with Gasteiger partial charge in [0.05, 0.1) is 30.4 Å². The van der Waals surface area contributed by atoms with E-state index in [1.807, 2.05) is 18.2 Å². The highest BCUT2D eigenvalue weighted by atomic mass is 32.1. The van der Waals surface area contributed by atoms with Gasteiger partial charge in [0.25, 0.3) is 5.56 Å². The number of ether oxygens (including phenoxy) is 1. The van der Waals surface area contributed by atoms with Crippen LogP contribution in [-0.2, 0) is 4.74 Å². The van der Waals surface area contributed by atoms with Gasteiger partial charge in [0, 0.05) is 30.2 Å². The van der Waals surface area contributed by atoms with Crippen molar-refractivity contribution in [2.75, 3.05) is 41.8 Å². The van der Waals surface area contributed by atoms with Crippen LogP contribution in [0.25, 0.3) is 10.9 Å². The second kappa shape index (κ2) is 7.73. The summed E-state index contributed by atoms with van der Waals surface area (Å²) in [5, 5.41) is 7.23. The van der Waals surface area contributed by atoms with Crippen LogP contribution in [0.3, 0.4) is 0 Å². The van der Waals surface area contributed by atoms with Crippen LogP contribution in [0.5, 0.6) is 0 Å². The summed E-state index contributed by atoms with van der Waals surface area (Å²) in [5.41, 5.74) is 3.25.